The van der Waals surface area contributed by atoms with Crippen LogP contribution in [0.25, 0.3) is 0 Å². The highest BCUT2D eigenvalue weighted by Crippen LogP contribution is 2.20. The largest absolute Gasteiger partial charge is 0.401 e. The number of nitrogens with one attached hydrogen (secondary N) is 1. The second kappa shape index (κ2) is 3.52. The van der Waals surface area contributed by atoms with Gasteiger partial charge < -0.3 is 4.74 Å². The van der Waals surface area contributed by atoms with E-state index in [2.05, 4.69) is 5.32 Å². The fourth-order valence-electron chi connectivity index (χ4n) is 1.10. The van der Waals surface area contributed by atoms with Crippen molar-refractivity contribution in [3.63, 3.8) is 0 Å². The Bertz CT molecular complexity index is 215. The summed E-state index contributed by atoms with van der Waals surface area (Å²) in [5.74, 6) is 0. The van der Waals surface area contributed by atoms with Crippen LogP contribution in [-0.2, 0) is 4.74 Å². The van der Waals surface area contributed by atoms with Crippen molar-refractivity contribution in [2.75, 3.05) is 19.8 Å². The summed E-state index contributed by atoms with van der Waals surface area (Å²) in [6.45, 7) is -0.790. The second-order valence-electron chi connectivity index (χ2n) is 2.97. The summed E-state index contributed by atoms with van der Waals surface area (Å²) in [6.07, 6.45) is -3.98. The summed E-state index contributed by atoms with van der Waals surface area (Å²) in [6, 6.07) is 1.81. The van der Waals surface area contributed by atoms with Crippen LogP contribution in [0.15, 0.2) is 0 Å². The summed E-state index contributed by atoms with van der Waals surface area (Å²) in [4.78, 5) is 0. The van der Waals surface area contributed by atoms with Crippen LogP contribution in [0.1, 0.15) is 6.42 Å². The Morgan fingerprint density at radius 1 is 1.54 bits per heavy atom. The molecule has 0 spiro atoms. The van der Waals surface area contributed by atoms with E-state index in [1.807, 2.05) is 6.07 Å². The SMILES string of the molecule is N#CC1(NCC(F)(F)F)CCOC1. The Kier molecular flexibility index (Phi) is 2.78. The van der Waals surface area contributed by atoms with E-state index in [1.165, 1.54) is 0 Å². The third-order valence-electron chi connectivity index (χ3n) is 1.86. The highest BCUT2D eigenvalue weighted by atomic mass is 19.4. The first-order chi connectivity index (χ1) is 5.97. The van der Waals surface area contributed by atoms with Crippen molar-refractivity contribution < 1.29 is 17.9 Å². The first-order valence-electron chi connectivity index (χ1n) is 3.78. The third kappa shape index (κ3) is 2.86. The van der Waals surface area contributed by atoms with Gasteiger partial charge in [-0.1, -0.05) is 0 Å². The van der Waals surface area contributed by atoms with E-state index in [4.69, 9.17) is 10.00 Å². The molecule has 1 heterocycles. The first kappa shape index (κ1) is 10.3. The second-order valence-corrected chi connectivity index (χ2v) is 2.97. The van der Waals surface area contributed by atoms with Crippen molar-refractivity contribution in [3.8, 4) is 6.07 Å². The number of halogens is 3. The number of ether oxygens (including phenoxy) is 1. The first-order valence-corrected chi connectivity index (χ1v) is 3.78. The zero-order valence-electron chi connectivity index (χ0n) is 6.82. The average Bonchev–Trinajstić information content (AvgIpc) is 2.49. The number of rotatable bonds is 2. The maximum Gasteiger partial charge on any atom is 0.401 e. The normalized spacial score (nSPS) is 28.8. The molecule has 0 radical (unpaired) electrons. The van der Waals surface area contributed by atoms with Gasteiger partial charge in [0.2, 0.25) is 0 Å². The van der Waals surface area contributed by atoms with Gasteiger partial charge in [-0.15, -0.1) is 0 Å². The average molecular weight is 194 g/mol. The Hall–Kier alpha value is -0.800. The van der Waals surface area contributed by atoms with E-state index in [0.717, 1.165) is 0 Å². The Labute approximate surface area is 73.5 Å². The van der Waals surface area contributed by atoms with Crippen LogP contribution < -0.4 is 5.32 Å². The van der Waals surface area contributed by atoms with E-state index in [1.54, 1.807) is 0 Å². The molecule has 3 nitrogen and oxygen atoms in total. The molecule has 0 amide bonds. The zero-order chi connectivity index (χ0) is 9.95. The molecular weight excluding hydrogens is 185 g/mol. The van der Waals surface area contributed by atoms with Crippen molar-refractivity contribution in [3.05, 3.63) is 0 Å². The van der Waals surface area contributed by atoms with Gasteiger partial charge in [-0.25, -0.2) is 0 Å². The predicted molar refractivity (Wildman–Crippen MR) is 37.8 cm³/mol. The van der Waals surface area contributed by atoms with Crippen LogP contribution in [0.5, 0.6) is 0 Å². The van der Waals surface area contributed by atoms with E-state index in [9.17, 15) is 13.2 Å². The Balaban J connectivity index is 2.46. The molecule has 1 unspecified atom stereocenters. The molecule has 13 heavy (non-hydrogen) atoms. The molecule has 1 N–H and O–H groups in total. The van der Waals surface area contributed by atoms with E-state index in [0.29, 0.717) is 13.0 Å². The lowest BCUT2D eigenvalue weighted by molar-refractivity contribution is -0.127. The molecule has 1 aliphatic heterocycles. The molecule has 74 valence electrons. The maximum absolute atomic E-state index is 11.8. The van der Waals surface area contributed by atoms with E-state index < -0.39 is 18.3 Å². The van der Waals surface area contributed by atoms with Crippen molar-refractivity contribution in [1.29, 1.82) is 5.26 Å². The van der Waals surface area contributed by atoms with Crippen LogP contribution in [-0.4, -0.2) is 31.5 Å². The Morgan fingerprint density at radius 3 is 2.62 bits per heavy atom. The van der Waals surface area contributed by atoms with Gasteiger partial charge in [0.15, 0.2) is 0 Å². The summed E-state index contributed by atoms with van der Waals surface area (Å²) < 4.78 is 40.3. The minimum Gasteiger partial charge on any atom is -0.378 e. The van der Waals surface area contributed by atoms with Crippen LogP contribution in [0.4, 0.5) is 13.2 Å². The summed E-state index contributed by atoms with van der Waals surface area (Å²) >= 11 is 0. The van der Waals surface area contributed by atoms with Crippen LogP contribution in [0, 0.1) is 11.3 Å². The van der Waals surface area contributed by atoms with Crippen molar-refractivity contribution in [1.82, 2.24) is 5.32 Å². The molecule has 1 fully saturated rings. The molecule has 0 aromatic carbocycles. The molecule has 0 aliphatic carbocycles. The number of nitrogens with zero attached hydrogens (tertiary/aromatic N) is 1. The summed E-state index contributed by atoms with van der Waals surface area (Å²) in [5.41, 5.74) is -1.14. The van der Waals surface area contributed by atoms with Gasteiger partial charge in [-0.2, -0.15) is 18.4 Å². The quantitative estimate of drug-likeness (QED) is 0.707. The number of hydrogen-bond donors (Lipinski definition) is 1. The minimum atomic E-state index is -4.29. The highest BCUT2D eigenvalue weighted by molar-refractivity contribution is 5.09. The predicted octanol–water partition coefficient (Wildman–Crippen LogP) is 0.821. The Morgan fingerprint density at radius 2 is 2.23 bits per heavy atom. The van der Waals surface area contributed by atoms with Crippen LogP contribution in [0.2, 0.25) is 0 Å². The van der Waals surface area contributed by atoms with Gasteiger partial charge in [0.1, 0.15) is 5.54 Å². The number of alkyl halides is 3. The molecule has 6 heteroatoms. The number of hydrogen-bond acceptors (Lipinski definition) is 3. The molecule has 0 aromatic rings. The van der Waals surface area contributed by atoms with Gasteiger partial charge in [-0.05, 0) is 0 Å². The van der Waals surface area contributed by atoms with Gasteiger partial charge in [0.25, 0.3) is 0 Å². The molecule has 1 saturated heterocycles. The van der Waals surface area contributed by atoms with E-state index in [-0.39, 0.29) is 6.61 Å². The van der Waals surface area contributed by atoms with Crippen LogP contribution >= 0.6 is 0 Å². The summed E-state index contributed by atoms with van der Waals surface area (Å²) in [7, 11) is 0. The fraction of sp³-hybridized carbons (Fsp3) is 0.857. The molecule has 0 saturated carbocycles. The zero-order valence-corrected chi connectivity index (χ0v) is 6.82. The van der Waals surface area contributed by atoms with Gasteiger partial charge in [0, 0.05) is 13.0 Å². The van der Waals surface area contributed by atoms with Crippen molar-refractivity contribution in [2.24, 2.45) is 0 Å². The fourth-order valence-corrected chi connectivity index (χ4v) is 1.10. The van der Waals surface area contributed by atoms with Gasteiger partial charge in [-0.3, -0.25) is 5.32 Å². The third-order valence-corrected chi connectivity index (χ3v) is 1.86. The topological polar surface area (TPSA) is 45.0 Å². The molecule has 0 aromatic heterocycles. The lowest BCUT2D eigenvalue weighted by Gasteiger charge is -2.21. The highest BCUT2D eigenvalue weighted by Gasteiger charge is 2.38. The molecule has 0 bridgehead atoms. The summed E-state index contributed by atoms with van der Waals surface area (Å²) in [5, 5.41) is 10.8. The molecular formula is C7H9F3N2O. The number of nitriles is 1. The van der Waals surface area contributed by atoms with Crippen molar-refractivity contribution >= 4 is 0 Å². The maximum atomic E-state index is 11.8. The smallest absolute Gasteiger partial charge is 0.378 e. The molecule has 1 rings (SSSR count). The van der Waals surface area contributed by atoms with Gasteiger partial charge >= 0.3 is 6.18 Å². The van der Waals surface area contributed by atoms with E-state index >= 15 is 0 Å². The molecule has 1 atom stereocenters. The lowest BCUT2D eigenvalue weighted by atomic mass is 10.0. The standard InChI is InChI=1S/C7H9F3N2O/c8-7(9,10)4-12-6(3-11)1-2-13-5-6/h12H,1-2,4-5H2. The van der Waals surface area contributed by atoms with Gasteiger partial charge in [0.05, 0.1) is 19.2 Å². The van der Waals surface area contributed by atoms with Crippen LogP contribution in [0.3, 0.4) is 0 Å². The monoisotopic (exact) mass is 194 g/mol. The molecule has 1 aliphatic rings. The minimum absolute atomic E-state index is 0.0274. The lowest BCUT2D eigenvalue weighted by Crippen LogP contribution is -2.48. The van der Waals surface area contributed by atoms with Crippen molar-refractivity contribution in [2.45, 2.75) is 18.1 Å².